The van der Waals surface area contributed by atoms with Gasteiger partial charge in [-0.3, -0.25) is 14.7 Å². The zero-order valence-corrected chi connectivity index (χ0v) is 8.46. The highest BCUT2D eigenvalue weighted by atomic mass is 15.3. The van der Waals surface area contributed by atoms with Gasteiger partial charge >= 0.3 is 0 Å². The van der Waals surface area contributed by atoms with Gasteiger partial charge in [-0.05, 0) is 34.7 Å². The fraction of sp³-hybridized carbons (Fsp3) is 1.00. The Hall–Kier alpha value is -0.120. The first-order valence-electron chi connectivity index (χ1n) is 4.08. The second kappa shape index (κ2) is 5.52. The minimum Gasteiger partial charge on any atom is -0.297 e. The summed E-state index contributed by atoms with van der Waals surface area (Å²) in [6.07, 6.45) is 0. The lowest BCUT2D eigenvalue weighted by molar-refractivity contribution is 0.135. The summed E-state index contributed by atoms with van der Waals surface area (Å²) in [7, 11) is 8.43. The van der Waals surface area contributed by atoms with Crippen LogP contribution in [0.4, 0.5) is 0 Å². The van der Waals surface area contributed by atoms with Gasteiger partial charge in [0.05, 0.1) is 13.3 Å². The van der Waals surface area contributed by atoms with Crippen LogP contribution in [0, 0.1) is 0 Å². The van der Waals surface area contributed by atoms with E-state index >= 15 is 0 Å². The fourth-order valence-electron chi connectivity index (χ4n) is 1.04. The Bertz CT molecular complexity index is 93.3. The molecule has 3 nitrogen and oxygen atoms in total. The molecule has 0 heterocycles. The number of hydrogen-bond acceptors (Lipinski definition) is 3. The minimum atomic E-state index is 1.02. The Morgan fingerprint density at radius 3 is 1.73 bits per heavy atom. The Morgan fingerprint density at radius 2 is 1.36 bits per heavy atom. The van der Waals surface area contributed by atoms with Gasteiger partial charge in [-0.15, -0.1) is 0 Å². The fourth-order valence-corrected chi connectivity index (χ4v) is 1.04. The molecule has 11 heavy (non-hydrogen) atoms. The maximum atomic E-state index is 2.28. The summed E-state index contributed by atoms with van der Waals surface area (Å²) >= 11 is 0. The van der Waals surface area contributed by atoms with E-state index in [0.29, 0.717) is 0 Å². The zero-order chi connectivity index (χ0) is 8.85. The van der Waals surface area contributed by atoms with Crippen molar-refractivity contribution in [1.82, 2.24) is 14.7 Å². The van der Waals surface area contributed by atoms with Gasteiger partial charge in [-0.1, -0.05) is 6.92 Å². The molecule has 0 radical (unpaired) electrons. The average molecular weight is 159 g/mol. The van der Waals surface area contributed by atoms with Crippen LogP contribution in [0.2, 0.25) is 0 Å². The van der Waals surface area contributed by atoms with Gasteiger partial charge in [-0.25, -0.2) is 0 Å². The molecular formula is C8H21N3. The third-order valence-electron chi connectivity index (χ3n) is 1.55. The highest BCUT2D eigenvalue weighted by molar-refractivity contribution is 4.48. The first-order chi connectivity index (χ1) is 5.06. The molecule has 3 heteroatoms. The Kier molecular flexibility index (Phi) is 5.46. The van der Waals surface area contributed by atoms with Gasteiger partial charge in [0, 0.05) is 0 Å². The first-order valence-corrected chi connectivity index (χ1v) is 4.08. The van der Waals surface area contributed by atoms with E-state index in [1.54, 1.807) is 0 Å². The lowest BCUT2D eigenvalue weighted by atomic mass is 10.6. The predicted molar refractivity (Wildman–Crippen MR) is 49.5 cm³/mol. The van der Waals surface area contributed by atoms with Crippen molar-refractivity contribution < 1.29 is 0 Å². The van der Waals surface area contributed by atoms with Crippen LogP contribution >= 0.6 is 0 Å². The van der Waals surface area contributed by atoms with Crippen molar-refractivity contribution in [2.45, 2.75) is 6.92 Å². The van der Waals surface area contributed by atoms with Crippen LogP contribution in [-0.4, -0.2) is 62.8 Å². The van der Waals surface area contributed by atoms with Crippen molar-refractivity contribution >= 4 is 0 Å². The van der Waals surface area contributed by atoms with Gasteiger partial charge < -0.3 is 0 Å². The largest absolute Gasteiger partial charge is 0.297 e. The molecule has 0 aliphatic carbocycles. The predicted octanol–water partition coefficient (Wildman–Crippen LogP) is 0.346. The molecule has 0 aromatic rings. The molecule has 0 amide bonds. The molecule has 0 bridgehead atoms. The molecule has 0 saturated heterocycles. The molecule has 0 unspecified atom stereocenters. The van der Waals surface area contributed by atoms with E-state index in [2.05, 4.69) is 49.8 Å². The van der Waals surface area contributed by atoms with Crippen LogP contribution in [0.15, 0.2) is 0 Å². The van der Waals surface area contributed by atoms with Crippen molar-refractivity contribution in [3.63, 3.8) is 0 Å². The SMILES string of the molecule is CCN(C)CN(C)CN(C)C. The lowest BCUT2D eigenvalue weighted by Crippen LogP contribution is -2.38. The van der Waals surface area contributed by atoms with Crippen LogP contribution in [0.5, 0.6) is 0 Å². The minimum absolute atomic E-state index is 1.02. The summed E-state index contributed by atoms with van der Waals surface area (Å²) < 4.78 is 0. The maximum absolute atomic E-state index is 2.28. The Labute approximate surface area is 70.6 Å². The van der Waals surface area contributed by atoms with Crippen LogP contribution in [0.25, 0.3) is 0 Å². The molecule has 0 aromatic carbocycles. The van der Waals surface area contributed by atoms with Gasteiger partial charge in [0.1, 0.15) is 0 Å². The van der Waals surface area contributed by atoms with Crippen LogP contribution < -0.4 is 0 Å². The van der Waals surface area contributed by atoms with Gasteiger partial charge in [-0.2, -0.15) is 0 Å². The normalized spacial score (nSPS) is 12.0. The lowest BCUT2D eigenvalue weighted by Gasteiger charge is -2.25. The summed E-state index contributed by atoms with van der Waals surface area (Å²) in [5.41, 5.74) is 0. The Balaban J connectivity index is 3.43. The number of rotatable bonds is 5. The third kappa shape index (κ3) is 6.28. The van der Waals surface area contributed by atoms with Crippen molar-refractivity contribution in [1.29, 1.82) is 0 Å². The van der Waals surface area contributed by atoms with E-state index in [9.17, 15) is 0 Å². The quantitative estimate of drug-likeness (QED) is 0.536. The molecule has 68 valence electrons. The molecule has 0 N–H and O–H groups in total. The summed E-state index contributed by atoms with van der Waals surface area (Å²) in [4.78, 5) is 6.73. The van der Waals surface area contributed by atoms with Gasteiger partial charge in [0.15, 0.2) is 0 Å². The molecule has 0 spiro atoms. The molecular weight excluding hydrogens is 138 g/mol. The first kappa shape index (κ1) is 10.9. The van der Waals surface area contributed by atoms with E-state index in [0.717, 1.165) is 19.9 Å². The monoisotopic (exact) mass is 159 g/mol. The van der Waals surface area contributed by atoms with Gasteiger partial charge in [0.25, 0.3) is 0 Å². The van der Waals surface area contributed by atoms with E-state index < -0.39 is 0 Å². The molecule has 0 aliphatic heterocycles. The maximum Gasteiger partial charge on any atom is 0.0512 e. The second-order valence-electron chi connectivity index (χ2n) is 3.39. The molecule has 0 saturated carbocycles. The summed E-state index contributed by atoms with van der Waals surface area (Å²) in [5, 5.41) is 0. The average Bonchev–Trinajstić information content (AvgIpc) is 1.85. The molecule has 0 atom stereocenters. The number of hydrogen-bond donors (Lipinski definition) is 0. The molecule has 0 aliphatic rings. The summed E-state index contributed by atoms with van der Waals surface area (Å²) in [6.45, 7) is 5.33. The number of nitrogens with zero attached hydrogens (tertiary/aromatic N) is 3. The van der Waals surface area contributed by atoms with Crippen molar-refractivity contribution in [3.8, 4) is 0 Å². The topological polar surface area (TPSA) is 9.72 Å². The Morgan fingerprint density at radius 1 is 0.818 bits per heavy atom. The summed E-state index contributed by atoms with van der Waals surface area (Å²) in [5.74, 6) is 0. The van der Waals surface area contributed by atoms with E-state index in [1.165, 1.54) is 0 Å². The van der Waals surface area contributed by atoms with E-state index in [4.69, 9.17) is 0 Å². The highest BCUT2D eigenvalue weighted by Gasteiger charge is 2.01. The summed E-state index contributed by atoms with van der Waals surface area (Å²) in [6, 6.07) is 0. The molecule has 0 fully saturated rings. The van der Waals surface area contributed by atoms with Crippen LogP contribution in [0.1, 0.15) is 6.92 Å². The standard InChI is InChI=1S/C8H21N3/c1-6-10(4)8-11(5)7-9(2)3/h6-8H2,1-5H3. The van der Waals surface area contributed by atoms with E-state index in [1.807, 2.05) is 0 Å². The highest BCUT2D eigenvalue weighted by Crippen LogP contribution is 1.87. The van der Waals surface area contributed by atoms with Crippen molar-refractivity contribution in [3.05, 3.63) is 0 Å². The third-order valence-corrected chi connectivity index (χ3v) is 1.55. The molecule has 0 rings (SSSR count). The van der Waals surface area contributed by atoms with E-state index in [-0.39, 0.29) is 0 Å². The van der Waals surface area contributed by atoms with Crippen molar-refractivity contribution in [2.24, 2.45) is 0 Å². The zero-order valence-electron chi connectivity index (χ0n) is 8.46. The smallest absolute Gasteiger partial charge is 0.0512 e. The molecule has 0 aromatic heterocycles. The van der Waals surface area contributed by atoms with Gasteiger partial charge in [0.2, 0.25) is 0 Å². The van der Waals surface area contributed by atoms with Crippen molar-refractivity contribution in [2.75, 3.05) is 48.1 Å². The second-order valence-corrected chi connectivity index (χ2v) is 3.39. The van der Waals surface area contributed by atoms with Crippen LogP contribution in [-0.2, 0) is 0 Å². The van der Waals surface area contributed by atoms with Crippen LogP contribution in [0.3, 0.4) is 0 Å².